The highest BCUT2D eigenvalue weighted by Crippen LogP contribution is 2.29. The number of carbonyl (C=O) groups excluding carboxylic acids is 1. The standard InChI is InChI=1S/C25H27N5O2/c26-23(27)19-8-6-16(7-9-19)10-21-13-30(12-18-2-1-3-20(11-18)24(28)29)14-22(21)25(31)32-15-17-4-5-17/h1-3,6-9,11,13-14,17H,4-5,10,12,15H2,(H3,26,27)(H3,28,29). The smallest absolute Gasteiger partial charge is 0.339 e. The van der Waals surface area contributed by atoms with Crippen LogP contribution in [0.5, 0.6) is 0 Å². The number of nitrogens with two attached hydrogens (primary N) is 2. The minimum Gasteiger partial charge on any atom is -0.462 e. The van der Waals surface area contributed by atoms with Gasteiger partial charge in [0.25, 0.3) is 0 Å². The Labute approximate surface area is 187 Å². The average Bonchev–Trinajstić information content (AvgIpc) is 3.53. The number of nitrogens with zero attached hydrogens (tertiary/aromatic N) is 1. The van der Waals surface area contributed by atoms with Crippen LogP contribution in [0.3, 0.4) is 0 Å². The Morgan fingerprint density at radius 3 is 2.34 bits per heavy atom. The van der Waals surface area contributed by atoms with Crippen LogP contribution in [-0.2, 0) is 17.7 Å². The molecule has 3 aromatic rings. The first-order valence-electron chi connectivity index (χ1n) is 10.6. The van der Waals surface area contributed by atoms with Crippen LogP contribution >= 0.6 is 0 Å². The summed E-state index contributed by atoms with van der Waals surface area (Å²) in [7, 11) is 0. The highest BCUT2D eigenvalue weighted by Gasteiger charge is 2.24. The lowest BCUT2D eigenvalue weighted by molar-refractivity contribution is 0.0485. The number of hydrogen-bond acceptors (Lipinski definition) is 4. The lowest BCUT2D eigenvalue weighted by Crippen LogP contribution is -2.11. The maximum absolute atomic E-state index is 12.8. The van der Waals surface area contributed by atoms with E-state index < -0.39 is 0 Å². The highest BCUT2D eigenvalue weighted by atomic mass is 16.5. The molecule has 7 nitrogen and oxygen atoms in total. The first kappa shape index (κ1) is 21.4. The number of rotatable bonds is 9. The van der Waals surface area contributed by atoms with Crippen molar-refractivity contribution in [2.24, 2.45) is 17.4 Å². The van der Waals surface area contributed by atoms with Gasteiger partial charge in [-0.2, -0.15) is 0 Å². The van der Waals surface area contributed by atoms with Gasteiger partial charge in [-0.15, -0.1) is 0 Å². The fourth-order valence-electron chi connectivity index (χ4n) is 3.60. The van der Waals surface area contributed by atoms with Gasteiger partial charge < -0.3 is 20.8 Å². The molecule has 0 bridgehead atoms. The molecule has 0 radical (unpaired) electrons. The number of carbonyl (C=O) groups is 1. The Morgan fingerprint density at radius 1 is 0.969 bits per heavy atom. The molecule has 164 valence electrons. The van der Waals surface area contributed by atoms with Crippen LogP contribution in [0.15, 0.2) is 60.9 Å². The van der Waals surface area contributed by atoms with E-state index in [0.717, 1.165) is 29.5 Å². The zero-order valence-corrected chi connectivity index (χ0v) is 17.8. The van der Waals surface area contributed by atoms with Gasteiger partial charge in [-0.1, -0.05) is 42.5 Å². The van der Waals surface area contributed by atoms with Gasteiger partial charge in [-0.05, 0) is 47.9 Å². The zero-order chi connectivity index (χ0) is 22.7. The largest absolute Gasteiger partial charge is 0.462 e. The number of benzene rings is 2. The van der Waals surface area contributed by atoms with E-state index in [1.54, 1.807) is 6.07 Å². The number of ether oxygens (including phenoxy) is 1. The van der Waals surface area contributed by atoms with E-state index in [0.29, 0.717) is 42.2 Å². The second kappa shape index (κ2) is 9.09. The van der Waals surface area contributed by atoms with Gasteiger partial charge in [0.2, 0.25) is 0 Å². The average molecular weight is 430 g/mol. The Hall–Kier alpha value is -3.87. The minimum absolute atomic E-state index is 0.0263. The van der Waals surface area contributed by atoms with Gasteiger partial charge in [-0.25, -0.2) is 4.79 Å². The number of nitrogens with one attached hydrogen (secondary N) is 2. The first-order valence-corrected chi connectivity index (χ1v) is 10.6. The van der Waals surface area contributed by atoms with Crippen LogP contribution in [0, 0.1) is 16.7 Å². The summed E-state index contributed by atoms with van der Waals surface area (Å²) in [6.07, 6.45) is 6.60. The zero-order valence-electron chi connectivity index (χ0n) is 17.8. The van der Waals surface area contributed by atoms with Gasteiger partial charge in [0.05, 0.1) is 12.2 Å². The summed E-state index contributed by atoms with van der Waals surface area (Å²) in [6.45, 7) is 1.02. The number of aromatic nitrogens is 1. The molecule has 1 aromatic heterocycles. The van der Waals surface area contributed by atoms with E-state index in [9.17, 15) is 4.79 Å². The van der Waals surface area contributed by atoms with Crippen molar-refractivity contribution >= 4 is 17.6 Å². The fraction of sp³-hybridized carbons (Fsp3) is 0.240. The van der Waals surface area contributed by atoms with Crippen molar-refractivity contribution in [2.75, 3.05) is 6.61 Å². The molecule has 1 aliphatic carbocycles. The van der Waals surface area contributed by atoms with Crippen molar-refractivity contribution in [1.82, 2.24) is 4.57 Å². The predicted octanol–water partition coefficient (Wildman–Crippen LogP) is 3.26. The summed E-state index contributed by atoms with van der Waals surface area (Å²) >= 11 is 0. The van der Waals surface area contributed by atoms with Crippen LogP contribution in [0.1, 0.15) is 51.0 Å². The molecule has 2 aromatic carbocycles. The molecule has 1 heterocycles. The summed E-state index contributed by atoms with van der Waals surface area (Å²) in [6, 6.07) is 15.0. The molecule has 7 heteroatoms. The lowest BCUT2D eigenvalue weighted by atomic mass is 10.0. The van der Waals surface area contributed by atoms with Gasteiger partial charge in [-0.3, -0.25) is 10.8 Å². The van der Waals surface area contributed by atoms with Crippen LogP contribution in [0.4, 0.5) is 0 Å². The second-order valence-corrected chi connectivity index (χ2v) is 8.31. The minimum atomic E-state index is -0.302. The quantitative estimate of drug-likeness (QED) is 0.236. The van der Waals surface area contributed by atoms with E-state index in [2.05, 4.69) is 0 Å². The SMILES string of the molecule is N=C(N)c1ccc(Cc2cn(Cc3cccc(C(=N)N)c3)cc2C(=O)OCC2CC2)cc1. The molecule has 4 rings (SSSR count). The van der Waals surface area contributed by atoms with E-state index >= 15 is 0 Å². The topological polar surface area (TPSA) is 131 Å². The summed E-state index contributed by atoms with van der Waals surface area (Å²) in [4.78, 5) is 12.8. The first-order chi connectivity index (χ1) is 15.4. The second-order valence-electron chi connectivity index (χ2n) is 8.31. The van der Waals surface area contributed by atoms with Crippen LogP contribution < -0.4 is 11.5 Å². The molecule has 0 aliphatic heterocycles. The molecule has 0 amide bonds. The predicted molar refractivity (Wildman–Crippen MR) is 124 cm³/mol. The maximum Gasteiger partial charge on any atom is 0.339 e. The molecule has 1 aliphatic rings. The summed E-state index contributed by atoms with van der Waals surface area (Å²) in [5.74, 6) is 0.250. The Morgan fingerprint density at radius 2 is 1.69 bits per heavy atom. The molecule has 1 saturated carbocycles. The third-order valence-corrected chi connectivity index (χ3v) is 5.59. The van der Waals surface area contributed by atoms with Gasteiger partial charge in [0.1, 0.15) is 11.7 Å². The van der Waals surface area contributed by atoms with Gasteiger partial charge in [0, 0.05) is 30.1 Å². The molecular weight excluding hydrogens is 402 g/mol. The van der Waals surface area contributed by atoms with Crippen molar-refractivity contribution < 1.29 is 9.53 Å². The number of amidine groups is 2. The summed E-state index contributed by atoms with van der Waals surface area (Å²) in [5, 5.41) is 15.2. The van der Waals surface area contributed by atoms with Crippen molar-refractivity contribution in [3.8, 4) is 0 Å². The normalized spacial score (nSPS) is 13.0. The fourth-order valence-corrected chi connectivity index (χ4v) is 3.60. The van der Waals surface area contributed by atoms with Gasteiger partial charge >= 0.3 is 5.97 Å². The Bertz CT molecular complexity index is 1160. The number of esters is 1. The molecule has 1 fully saturated rings. The van der Waals surface area contributed by atoms with E-state index in [-0.39, 0.29) is 17.6 Å². The molecule has 0 saturated heterocycles. The summed E-state index contributed by atoms with van der Waals surface area (Å²) in [5.41, 5.74) is 15.9. The number of hydrogen-bond donors (Lipinski definition) is 4. The Kier molecular flexibility index (Phi) is 6.07. The van der Waals surface area contributed by atoms with Crippen molar-refractivity contribution in [2.45, 2.75) is 25.8 Å². The number of nitrogen functional groups attached to an aromatic ring is 2. The summed E-state index contributed by atoms with van der Waals surface area (Å²) < 4.78 is 7.52. The lowest BCUT2D eigenvalue weighted by Gasteiger charge is -2.06. The third kappa shape index (κ3) is 5.24. The third-order valence-electron chi connectivity index (χ3n) is 5.59. The van der Waals surface area contributed by atoms with Crippen molar-refractivity contribution in [3.63, 3.8) is 0 Å². The highest BCUT2D eigenvalue weighted by molar-refractivity contribution is 5.95. The van der Waals surface area contributed by atoms with Crippen LogP contribution in [-0.4, -0.2) is 28.8 Å². The molecule has 0 spiro atoms. The van der Waals surface area contributed by atoms with Crippen molar-refractivity contribution in [3.05, 3.63) is 94.3 Å². The van der Waals surface area contributed by atoms with Crippen molar-refractivity contribution in [1.29, 1.82) is 10.8 Å². The van der Waals surface area contributed by atoms with Gasteiger partial charge in [0.15, 0.2) is 0 Å². The molecule has 0 unspecified atom stereocenters. The molecule has 6 N–H and O–H groups in total. The maximum atomic E-state index is 12.8. The van der Waals surface area contributed by atoms with E-state index in [1.807, 2.05) is 59.4 Å². The van der Waals surface area contributed by atoms with Crippen LogP contribution in [0.2, 0.25) is 0 Å². The molecular formula is C25H27N5O2. The molecule has 0 atom stereocenters. The van der Waals surface area contributed by atoms with E-state index in [4.69, 9.17) is 27.0 Å². The molecule has 32 heavy (non-hydrogen) atoms. The Balaban J connectivity index is 1.58. The monoisotopic (exact) mass is 429 g/mol. The van der Waals surface area contributed by atoms with E-state index in [1.165, 1.54) is 0 Å². The van der Waals surface area contributed by atoms with Crippen LogP contribution in [0.25, 0.3) is 0 Å².